The van der Waals surface area contributed by atoms with Crippen molar-refractivity contribution in [3.05, 3.63) is 54.1 Å². The number of anilines is 2. The lowest BCUT2D eigenvalue weighted by atomic mass is 10.2. The fraction of sp³-hybridized carbons (Fsp3) is 0.176. The van der Waals surface area contributed by atoms with Gasteiger partial charge in [-0.3, -0.25) is 4.79 Å². The monoisotopic (exact) mass is 440 g/mol. The number of aliphatic imine (C=N–C) groups is 1. The van der Waals surface area contributed by atoms with Crippen LogP contribution in [0.3, 0.4) is 0 Å². The number of rotatable bonds is 5. The Kier molecular flexibility index (Phi) is 8.03. The molecule has 0 aliphatic rings. The van der Waals surface area contributed by atoms with Crippen LogP contribution in [0.2, 0.25) is 0 Å². The normalized spacial score (nSPS) is 10.5. The Morgan fingerprint density at radius 1 is 1.12 bits per heavy atom. The fourth-order valence-electron chi connectivity index (χ4n) is 2.02. The first kappa shape index (κ1) is 19.8. The number of methoxy groups -OCH3 is 1. The average Bonchev–Trinajstić information content (AvgIpc) is 2.53. The Bertz CT molecular complexity index is 719. The molecule has 0 unspecified atom stereocenters. The summed E-state index contributed by atoms with van der Waals surface area (Å²) in [5, 5.41) is 5.75. The number of halogens is 1. The molecule has 0 bridgehead atoms. The zero-order valence-electron chi connectivity index (χ0n) is 13.6. The Morgan fingerprint density at radius 2 is 1.79 bits per heavy atom. The molecule has 0 fully saturated rings. The summed E-state index contributed by atoms with van der Waals surface area (Å²) in [6, 6.07) is 14.9. The predicted octanol–water partition coefficient (Wildman–Crippen LogP) is 3.20. The van der Waals surface area contributed by atoms with Crippen molar-refractivity contribution < 1.29 is 9.53 Å². The van der Waals surface area contributed by atoms with Crippen LogP contribution >= 0.6 is 24.0 Å². The third-order valence-electron chi connectivity index (χ3n) is 3.02. The van der Waals surface area contributed by atoms with Crippen LogP contribution in [0, 0.1) is 0 Å². The number of amides is 1. The molecular formula is C17H21IN4O2. The first-order valence-electron chi connectivity index (χ1n) is 7.14. The van der Waals surface area contributed by atoms with Crippen LogP contribution < -0.4 is 21.1 Å². The van der Waals surface area contributed by atoms with Gasteiger partial charge < -0.3 is 21.1 Å². The average molecular weight is 440 g/mol. The van der Waals surface area contributed by atoms with Gasteiger partial charge in [0.15, 0.2) is 5.96 Å². The second-order valence-corrected chi connectivity index (χ2v) is 4.94. The molecule has 1 amide bonds. The minimum Gasteiger partial charge on any atom is -0.497 e. The van der Waals surface area contributed by atoms with Crippen LogP contribution in [0.25, 0.3) is 0 Å². The number of nitrogens with one attached hydrogen (secondary N) is 2. The number of nitrogens with zero attached hydrogens (tertiary/aromatic N) is 1. The Labute approximate surface area is 158 Å². The molecule has 6 nitrogen and oxygen atoms in total. The summed E-state index contributed by atoms with van der Waals surface area (Å²) in [4.78, 5) is 15.4. The first-order valence-corrected chi connectivity index (χ1v) is 7.14. The summed E-state index contributed by atoms with van der Waals surface area (Å²) in [5.41, 5.74) is 8.39. The van der Waals surface area contributed by atoms with Crippen LogP contribution in [0.5, 0.6) is 5.75 Å². The van der Waals surface area contributed by atoms with Crippen LogP contribution in [-0.2, 0) is 11.3 Å². The summed E-state index contributed by atoms with van der Waals surface area (Å²) >= 11 is 0. The Hall–Kier alpha value is -2.29. The molecule has 0 aromatic heterocycles. The molecule has 0 saturated heterocycles. The van der Waals surface area contributed by atoms with Crippen LogP contribution in [0.4, 0.5) is 11.4 Å². The molecule has 0 aliphatic carbocycles. The van der Waals surface area contributed by atoms with Crippen molar-refractivity contribution in [1.82, 2.24) is 0 Å². The summed E-state index contributed by atoms with van der Waals surface area (Å²) in [6.07, 6.45) is 0. The van der Waals surface area contributed by atoms with Gasteiger partial charge in [0.2, 0.25) is 5.91 Å². The van der Waals surface area contributed by atoms with Gasteiger partial charge >= 0.3 is 0 Å². The van der Waals surface area contributed by atoms with Gasteiger partial charge in [-0.05, 0) is 29.8 Å². The van der Waals surface area contributed by atoms with Crippen molar-refractivity contribution in [3.8, 4) is 5.75 Å². The standard InChI is InChI=1S/C17H20N4O2.HI/c1-12(22)20-14-6-3-5-13(9-14)11-19-17(18)21-15-7-4-8-16(10-15)23-2;/h3-10H,11H2,1-2H3,(H,20,22)(H3,18,19,21);1H. The molecule has 24 heavy (non-hydrogen) atoms. The van der Waals surface area contributed by atoms with E-state index >= 15 is 0 Å². The minimum absolute atomic E-state index is 0. The molecule has 4 N–H and O–H groups in total. The van der Waals surface area contributed by atoms with E-state index in [1.54, 1.807) is 7.11 Å². The van der Waals surface area contributed by atoms with Crippen molar-refractivity contribution in [2.75, 3.05) is 17.7 Å². The molecule has 2 rings (SSSR count). The van der Waals surface area contributed by atoms with Crippen molar-refractivity contribution >= 4 is 47.2 Å². The van der Waals surface area contributed by atoms with E-state index < -0.39 is 0 Å². The second-order valence-electron chi connectivity index (χ2n) is 4.94. The molecule has 7 heteroatoms. The van der Waals surface area contributed by atoms with Gasteiger partial charge in [0.1, 0.15) is 5.75 Å². The van der Waals surface area contributed by atoms with Crippen LogP contribution in [-0.4, -0.2) is 19.0 Å². The molecule has 0 heterocycles. The van der Waals surface area contributed by atoms with Crippen molar-refractivity contribution in [2.24, 2.45) is 10.7 Å². The molecule has 0 radical (unpaired) electrons. The lowest BCUT2D eigenvalue weighted by Gasteiger charge is -2.08. The summed E-state index contributed by atoms with van der Waals surface area (Å²) in [5.74, 6) is 0.943. The van der Waals surface area contributed by atoms with E-state index in [9.17, 15) is 4.79 Å². The van der Waals surface area contributed by atoms with Gasteiger partial charge in [-0.15, -0.1) is 24.0 Å². The molecule has 2 aromatic carbocycles. The van der Waals surface area contributed by atoms with E-state index in [1.165, 1.54) is 6.92 Å². The number of hydrogen-bond acceptors (Lipinski definition) is 3. The van der Waals surface area contributed by atoms with Crippen molar-refractivity contribution in [2.45, 2.75) is 13.5 Å². The lowest BCUT2D eigenvalue weighted by Crippen LogP contribution is -2.22. The van der Waals surface area contributed by atoms with E-state index in [1.807, 2.05) is 48.5 Å². The lowest BCUT2D eigenvalue weighted by molar-refractivity contribution is -0.114. The third-order valence-corrected chi connectivity index (χ3v) is 3.02. The highest BCUT2D eigenvalue weighted by molar-refractivity contribution is 14.0. The Balaban J connectivity index is 0.00000288. The number of ether oxygens (including phenoxy) is 1. The number of hydrogen-bond donors (Lipinski definition) is 3. The maximum atomic E-state index is 11.1. The number of benzene rings is 2. The van der Waals surface area contributed by atoms with E-state index in [-0.39, 0.29) is 29.9 Å². The smallest absolute Gasteiger partial charge is 0.221 e. The van der Waals surface area contributed by atoms with Gasteiger partial charge in [-0.25, -0.2) is 4.99 Å². The Morgan fingerprint density at radius 3 is 2.46 bits per heavy atom. The van der Waals surface area contributed by atoms with Gasteiger partial charge in [-0.2, -0.15) is 0 Å². The van der Waals surface area contributed by atoms with Crippen molar-refractivity contribution in [3.63, 3.8) is 0 Å². The van der Waals surface area contributed by atoms with Gasteiger partial charge in [0.05, 0.1) is 13.7 Å². The highest BCUT2D eigenvalue weighted by atomic mass is 127. The van der Waals surface area contributed by atoms with Crippen LogP contribution in [0.1, 0.15) is 12.5 Å². The summed E-state index contributed by atoms with van der Waals surface area (Å²) < 4.78 is 5.16. The molecule has 0 saturated carbocycles. The molecule has 0 aliphatic heterocycles. The zero-order chi connectivity index (χ0) is 16.7. The molecule has 128 valence electrons. The van der Waals surface area contributed by atoms with E-state index in [2.05, 4.69) is 15.6 Å². The van der Waals surface area contributed by atoms with Gasteiger partial charge in [0.25, 0.3) is 0 Å². The maximum absolute atomic E-state index is 11.1. The summed E-state index contributed by atoms with van der Waals surface area (Å²) in [6.45, 7) is 1.89. The molecule has 0 atom stereocenters. The molecule has 0 spiro atoms. The second kappa shape index (κ2) is 9.76. The molecule has 2 aromatic rings. The van der Waals surface area contributed by atoms with E-state index in [0.29, 0.717) is 12.5 Å². The number of carbonyl (C=O) groups is 1. The highest BCUT2D eigenvalue weighted by Gasteiger charge is 2.00. The highest BCUT2D eigenvalue weighted by Crippen LogP contribution is 2.16. The largest absolute Gasteiger partial charge is 0.497 e. The summed E-state index contributed by atoms with van der Waals surface area (Å²) in [7, 11) is 1.61. The number of nitrogens with two attached hydrogens (primary N) is 1. The topological polar surface area (TPSA) is 88.7 Å². The van der Waals surface area contributed by atoms with Crippen molar-refractivity contribution in [1.29, 1.82) is 0 Å². The van der Waals surface area contributed by atoms with Crippen LogP contribution in [0.15, 0.2) is 53.5 Å². The number of guanidine groups is 1. The minimum atomic E-state index is -0.107. The third kappa shape index (κ3) is 6.45. The number of carbonyl (C=O) groups excluding carboxylic acids is 1. The van der Waals surface area contributed by atoms with Gasteiger partial charge in [-0.1, -0.05) is 18.2 Å². The first-order chi connectivity index (χ1) is 11.1. The van der Waals surface area contributed by atoms with E-state index in [4.69, 9.17) is 10.5 Å². The predicted molar refractivity (Wildman–Crippen MR) is 108 cm³/mol. The van der Waals surface area contributed by atoms with E-state index in [0.717, 1.165) is 22.7 Å². The zero-order valence-corrected chi connectivity index (χ0v) is 15.9. The maximum Gasteiger partial charge on any atom is 0.221 e. The van der Waals surface area contributed by atoms with Gasteiger partial charge in [0, 0.05) is 24.4 Å². The molecular weight excluding hydrogens is 419 g/mol. The quantitative estimate of drug-likeness (QED) is 0.379. The fourth-order valence-corrected chi connectivity index (χ4v) is 2.02. The SMILES string of the molecule is COc1cccc(NC(N)=NCc2cccc(NC(C)=O)c2)c1.I.